The van der Waals surface area contributed by atoms with Crippen LogP contribution in [-0.2, 0) is 25.5 Å². The van der Waals surface area contributed by atoms with Crippen LogP contribution in [0.3, 0.4) is 0 Å². The number of carbonyl (C=O) groups is 3. The first-order valence-electron chi connectivity index (χ1n) is 9.89. The van der Waals surface area contributed by atoms with Gasteiger partial charge in [0.25, 0.3) is 0 Å². The highest BCUT2D eigenvalue weighted by Gasteiger charge is 2.18. The van der Waals surface area contributed by atoms with Gasteiger partial charge in [-0.15, -0.1) is 0 Å². The van der Waals surface area contributed by atoms with E-state index in [1.807, 2.05) is 48.5 Å². The van der Waals surface area contributed by atoms with Crippen molar-refractivity contribution in [3.63, 3.8) is 0 Å². The van der Waals surface area contributed by atoms with Gasteiger partial charge in [0.15, 0.2) is 0 Å². The predicted molar refractivity (Wildman–Crippen MR) is 115 cm³/mol. The highest BCUT2D eigenvalue weighted by molar-refractivity contribution is 6.30. The second-order valence-corrected chi connectivity index (χ2v) is 7.35. The van der Waals surface area contributed by atoms with Crippen molar-refractivity contribution in [2.45, 2.75) is 45.1 Å². The van der Waals surface area contributed by atoms with Crippen LogP contribution in [0.5, 0.6) is 0 Å². The summed E-state index contributed by atoms with van der Waals surface area (Å²) in [5, 5.41) is 12.2. The standard InChI is InChI=1S/C23H26ClNO5/c1-2-30-23(29)15-20(25-21(26)12-13-22(27)28)11-8-16-6-9-17(10-7-16)18-4-3-5-19(24)14-18/h3-7,9-10,14,20H,2,8,11-13,15H2,1H3,(H,25,26)(H,27,28)/t20-/m1/s1. The van der Waals surface area contributed by atoms with Gasteiger partial charge in [0, 0.05) is 17.5 Å². The molecule has 2 aromatic rings. The summed E-state index contributed by atoms with van der Waals surface area (Å²) in [7, 11) is 0. The summed E-state index contributed by atoms with van der Waals surface area (Å²) in [6.45, 7) is 1.99. The van der Waals surface area contributed by atoms with E-state index in [4.69, 9.17) is 21.4 Å². The molecule has 1 atom stereocenters. The molecule has 0 aromatic heterocycles. The number of carboxylic acids is 1. The van der Waals surface area contributed by atoms with Crippen LogP contribution in [-0.4, -0.2) is 35.6 Å². The molecule has 0 aliphatic heterocycles. The first-order chi connectivity index (χ1) is 14.4. The Morgan fingerprint density at radius 1 is 1.07 bits per heavy atom. The Hall–Kier alpha value is -2.86. The average molecular weight is 432 g/mol. The van der Waals surface area contributed by atoms with Gasteiger partial charge in [-0.25, -0.2) is 0 Å². The van der Waals surface area contributed by atoms with Crippen molar-refractivity contribution < 1.29 is 24.2 Å². The number of nitrogens with one attached hydrogen (secondary N) is 1. The number of rotatable bonds is 11. The molecule has 0 radical (unpaired) electrons. The Labute approximate surface area is 181 Å². The first kappa shape index (κ1) is 23.4. The molecule has 0 saturated heterocycles. The smallest absolute Gasteiger partial charge is 0.307 e. The van der Waals surface area contributed by atoms with E-state index in [9.17, 15) is 14.4 Å². The Morgan fingerprint density at radius 3 is 2.43 bits per heavy atom. The maximum Gasteiger partial charge on any atom is 0.307 e. The van der Waals surface area contributed by atoms with Gasteiger partial charge in [0.1, 0.15) is 0 Å². The zero-order valence-corrected chi connectivity index (χ0v) is 17.7. The fourth-order valence-corrected chi connectivity index (χ4v) is 3.23. The Kier molecular flexibility index (Phi) is 9.35. The molecule has 0 aliphatic carbocycles. The molecule has 0 aliphatic rings. The van der Waals surface area contributed by atoms with E-state index < -0.39 is 18.0 Å². The summed E-state index contributed by atoms with van der Waals surface area (Å²) in [6, 6.07) is 15.2. The number of benzene rings is 2. The van der Waals surface area contributed by atoms with Gasteiger partial charge in [0.2, 0.25) is 5.91 Å². The van der Waals surface area contributed by atoms with E-state index in [-0.39, 0.29) is 31.8 Å². The number of ether oxygens (including phenoxy) is 1. The van der Waals surface area contributed by atoms with Crippen molar-refractivity contribution in [3.05, 3.63) is 59.1 Å². The molecule has 2 N–H and O–H groups in total. The average Bonchev–Trinajstić information content (AvgIpc) is 2.71. The highest BCUT2D eigenvalue weighted by atomic mass is 35.5. The molecule has 2 rings (SSSR count). The fraction of sp³-hybridized carbons (Fsp3) is 0.348. The van der Waals surface area contributed by atoms with Crippen LogP contribution < -0.4 is 5.32 Å². The number of carbonyl (C=O) groups excluding carboxylic acids is 2. The third-order valence-corrected chi connectivity index (χ3v) is 4.78. The fourth-order valence-electron chi connectivity index (χ4n) is 3.04. The van der Waals surface area contributed by atoms with Gasteiger partial charge in [0.05, 0.1) is 19.4 Å². The molecule has 0 saturated carbocycles. The minimum atomic E-state index is -1.04. The van der Waals surface area contributed by atoms with Crippen molar-refractivity contribution >= 4 is 29.4 Å². The third kappa shape index (κ3) is 8.25. The lowest BCUT2D eigenvalue weighted by molar-refractivity contribution is -0.144. The zero-order chi connectivity index (χ0) is 21.9. The number of carboxylic acid groups (broad SMARTS) is 1. The molecule has 0 fully saturated rings. The Balaban J connectivity index is 1.98. The van der Waals surface area contributed by atoms with E-state index in [0.29, 0.717) is 17.9 Å². The second-order valence-electron chi connectivity index (χ2n) is 6.91. The number of aryl methyl sites for hydroxylation is 1. The SMILES string of the molecule is CCOC(=O)C[C@@H](CCc1ccc(-c2cccc(Cl)c2)cc1)NC(=O)CCC(=O)O. The molecule has 30 heavy (non-hydrogen) atoms. The Morgan fingerprint density at radius 2 is 1.80 bits per heavy atom. The van der Waals surface area contributed by atoms with Crippen LogP contribution in [0.1, 0.15) is 38.2 Å². The van der Waals surface area contributed by atoms with Gasteiger partial charge >= 0.3 is 11.9 Å². The van der Waals surface area contributed by atoms with Gasteiger partial charge in [-0.3, -0.25) is 14.4 Å². The van der Waals surface area contributed by atoms with E-state index in [0.717, 1.165) is 16.7 Å². The second kappa shape index (κ2) is 12.0. The maximum atomic E-state index is 12.0. The largest absolute Gasteiger partial charge is 0.481 e. The van der Waals surface area contributed by atoms with Crippen molar-refractivity contribution in [1.82, 2.24) is 5.32 Å². The number of hydrogen-bond acceptors (Lipinski definition) is 4. The normalized spacial score (nSPS) is 11.5. The quantitative estimate of drug-likeness (QED) is 0.519. The first-order valence-corrected chi connectivity index (χ1v) is 10.3. The molecule has 6 nitrogen and oxygen atoms in total. The van der Waals surface area contributed by atoms with Gasteiger partial charge < -0.3 is 15.2 Å². The van der Waals surface area contributed by atoms with Crippen LogP contribution in [0.4, 0.5) is 0 Å². The monoisotopic (exact) mass is 431 g/mol. The molecule has 0 bridgehead atoms. The number of aliphatic carboxylic acids is 1. The topological polar surface area (TPSA) is 92.7 Å². The molecule has 2 aromatic carbocycles. The zero-order valence-electron chi connectivity index (χ0n) is 16.9. The molecular weight excluding hydrogens is 406 g/mol. The van der Waals surface area contributed by atoms with E-state index in [1.165, 1.54) is 0 Å². The van der Waals surface area contributed by atoms with Crippen molar-refractivity contribution in [3.8, 4) is 11.1 Å². The number of hydrogen-bond donors (Lipinski definition) is 2. The summed E-state index contributed by atoms with van der Waals surface area (Å²) in [5.74, 6) is -1.81. The van der Waals surface area contributed by atoms with Crippen LogP contribution in [0.2, 0.25) is 5.02 Å². The van der Waals surface area contributed by atoms with Gasteiger partial charge in [-0.2, -0.15) is 0 Å². The molecule has 160 valence electrons. The van der Waals surface area contributed by atoms with E-state index >= 15 is 0 Å². The molecule has 0 unspecified atom stereocenters. The minimum Gasteiger partial charge on any atom is -0.481 e. The summed E-state index contributed by atoms with van der Waals surface area (Å²) < 4.78 is 4.98. The van der Waals surface area contributed by atoms with Crippen molar-refractivity contribution in [2.24, 2.45) is 0 Å². The van der Waals surface area contributed by atoms with Crippen molar-refractivity contribution in [2.75, 3.05) is 6.61 Å². The van der Waals surface area contributed by atoms with Crippen LogP contribution >= 0.6 is 11.6 Å². The molecule has 7 heteroatoms. The maximum absolute atomic E-state index is 12.0. The summed E-state index contributed by atoms with van der Waals surface area (Å²) in [6.07, 6.45) is 0.867. The Bertz CT molecular complexity index is 866. The highest BCUT2D eigenvalue weighted by Crippen LogP contribution is 2.23. The van der Waals surface area contributed by atoms with Crippen LogP contribution in [0.25, 0.3) is 11.1 Å². The third-order valence-electron chi connectivity index (χ3n) is 4.54. The van der Waals surface area contributed by atoms with Crippen LogP contribution in [0.15, 0.2) is 48.5 Å². The summed E-state index contributed by atoms with van der Waals surface area (Å²) >= 11 is 6.05. The van der Waals surface area contributed by atoms with Crippen LogP contribution in [0, 0.1) is 0 Å². The number of amides is 1. The minimum absolute atomic E-state index is 0.0489. The number of esters is 1. The van der Waals surface area contributed by atoms with E-state index in [2.05, 4.69) is 5.32 Å². The summed E-state index contributed by atoms with van der Waals surface area (Å²) in [4.78, 5) is 34.5. The number of halogens is 1. The lowest BCUT2D eigenvalue weighted by Crippen LogP contribution is -2.37. The van der Waals surface area contributed by atoms with Gasteiger partial charge in [-0.05, 0) is 48.6 Å². The molecule has 0 spiro atoms. The molecule has 0 heterocycles. The lowest BCUT2D eigenvalue weighted by atomic mass is 9.99. The van der Waals surface area contributed by atoms with Gasteiger partial charge in [-0.1, -0.05) is 48.0 Å². The predicted octanol–water partition coefficient (Wildman–Crippen LogP) is 4.24. The van der Waals surface area contributed by atoms with E-state index in [1.54, 1.807) is 6.92 Å². The molecular formula is C23H26ClNO5. The molecule has 1 amide bonds. The lowest BCUT2D eigenvalue weighted by Gasteiger charge is -2.18. The van der Waals surface area contributed by atoms with Crippen molar-refractivity contribution in [1.29, 1.82) is 0 Å². The summed E-state index contributed by atoms with van der Waals surface area (Å²) in [5.41, 5.74) is 3.14.